The number of hydrogen-bond donors (Lipinski definition) is 1. The van der Waals surface area contributed by atoms with Gasteiger partial charge in [-0.2, -0.15) is 0 Å². The lowest BCUT2D eigenvalue weighted by Crippen LogP contribution is -2.20. The van der Waals surface area contributed by atoms with Crippen molar-refractivity contribution < 1.29 is 13.9 Å². The molecule has 0 radical (unpaired) electrons. The van der Waals surface area contributed by atoms with Crippen LogP contribution in [0.3, 0.4) is 0 Å². The van der Waals surface area contributed by atoms with Gasteiger partial charge in [-0.15, -0.1) is 0 Å². The Balaban J connectivity index is 1.72. The predicted octanol–water partition coefficient (Wildman–Crippen LogP) is 4.38. The molecule has 0 saturated heterocycles. The van der Waals surface area contributed by atoms with Gasteiger partial charge in [0.1, 0.15) is 11.3 Å². The zero-order valence-electron chi connectivity index (χ0n) is 15.8. The first-order valence-electron chi connectivity index (χ1n) is 9.03. The molecule has 0 unspecified atom stereocenters. The summed E-state index contributed by atoms with van der Waals surface area (Å²) in [5.74, 6) is 0.236. The Kier molecular flexibility index (Phi) is 5.60. The van der Waals surface area contributed by atoms with Gasteiger partial charge in [0, 0.05) is 23.2 Å². The van der Waals surface area contributed by atoms with Crippen LogP contribution in [-0.2, 0) is 11.2 Å². The van der Waals surface area contributed by atoms with E-state index in [0.717, 1.165) is 40.6 Å². The Morgan fingerprint density at radius 2 is 1.93 bits per heavy atom. The number of amides is 1. The monoisotopic (exact) mass is 365 g/mol. The van der Waals surface area contributed by atoms with Crippen LogP contribution in [-0.4, -0.2) is 12.5 Å². The van der Waals surface area contributed by atoms with Crippen molar-refractivity contribution in [3.63, 3.8) is 0 Å². The molecule has 1 heterocycles. The molecule has 5 heteroatoms. The third kappa shape index (κ3) is 4.56. The zero-order valence-corrected chi connectivity index (χ0v) is 15.8. The van der Waals surface area contributed by atoms with Gasteiger partial charge in [0.2, 0.25) is 0 Å². The molecule has 1 aromatic heterocycles. The molecule has 1 amide bonds. The average Bonchev–Trinajstić information content (AvgIpc) is 2.63. The van der Waals surface area contributed by atoms with Gasteiger partial charge in [0.05, 0.1) is 0 Å². The summed E-state index contributed by atoms with van der Waals surface area (Å²) in [6.07, 6.45) is 1.75. The quantitative estimate of drug-likeness (QED) is 0.658. The number of carbonyl (C=O) groups is 1. The third-order valence-electron chi connectivity index (χ3n) is 4.36. The molecule has 0 aliphatic heterocycles. The summed E-state index contributed by atoms with van der Waals surface area (Å²) in [5, 5.41) is 3.75. The highest BCUT2D eigenvalue weighted by Crippen LogP contribution is 2.23. The Morgan fingerprint density at radius 1 is 1.11 bits per heavy atom. The maximum atomic E-state index is 12.2. The van der Waals surface area contributed by atoms with Crippen LogP contribution >= 0.6 is 0 Å². The number of carbonyl (C=O) groups excluding carboxylic acids is 1. The van der Waals surface area contributed by atoms with Crippen LogP contribution in [0.2, 0.25) is 0 Å². The minimum absolute atomic E-state index is 0.127. The number of fused-ring (bicyclic) bond motifs is 1. The molecular formula is C22H23NO4. The molecule has 0 spiro atoms. The fraction of sp³-hybridized carbons (Fsp3) is 0.273. The van der Waals surface area contributed by atoms with E-state index in [0.29, 0.717) is 11.3 Å². The van der Waals surface area contributed by atoms with Crippen molar-refractivity contribution in [2.24, 2.45) is 0 Å². The lowest BCUT2D eigenvalue weighted by molar-refractivity contribution is -0.118. The van der Waals surface area contributed by atoms with Crippen molar-refractivity contribution in [1.82, 2.24) is 0 Å². The number of ether oxygens (including phenoxy) is 1. The highest BCUT2D eigenvalue weighted by molar-refractivity contribution is 5.92. The molecule has 3 rings (SSSR count). The summed E-state index contributed by atoms with van der Waals surface area (Å²) in [4.78, 5) is 23.9. The minimum Gasteiger partial charge on any atom is -0.484 e. The molecule has 3 aromatic rings. The van der Waals surface area contributed by atoms with E-state index in [-0.39, 0.29) is 18.1 Å². The van der Waals surface area contributed by atoms with E-state index < -0.39 is 0 Å². The molecular weight excluding hydrogens is 342 g/mol. The van der Waals surface area contributed by atoms with Crippen molar-refractivity contribution in [1.29, 1.82) is 0 Å². The first kappa shape index (κ1) is 18.7. The van der Waals surface area contributed by atoms with Crippen LogP contribution in [0.25, 0.3) is 11.0 Å². The summed E-state index contributed by atoms with van der Waals surface area (Å²) < 4.78 is 10.9. The molecule has 0 aliphatic rings. The second kappa shape index (κ2) is 8.08. The van der Waals surface area contributed by atoms with Gasteiger partial charge in [0.15, 0.2) is 6.61 Å². The second-order valence-electron chi connectivity index (χ2n) is 6.65. The molecule has 0 atom stereocenters. The largest absolute Gasteiger partial charge is 0.484 e. The van der Waals surface area contributed by atoms with E-state index in [4.69, 9.17) is 9.15 Å². The molecule has 0 fully saturated rings. The van der Waals surface area contributed by atoms with Gasteiger partial charge in [-0.05, 0) is 55.2 Å². The fourth-order valence-electron chi connectivity index (χ4n) is 2.98. The summed E-state index contributed by atoms with van der Waals surface area (Å²) in [5.41, 5.74) is 3.89. The van der Waals surface area contributed by atoms with Crippen LogP contribution in [0.1, 0.15) is 30.0 Å². The number of nitrogens with one attached hydrogen (secondary N) is 1. The summed E-state index contributed by atoms with van der Waals surface area (Å²) in [6, 6.07) is 12.7. The SMILES string of the molecule is CCCc1cc(=O)oc2cc(OCC(=O)Nc3cc(C)ccc3C)ccc12. The first-order valence-corrected chi connectivity index (χ1v) is 9.03. The van der Waals surface area contributed by atoms with Crippen molar-refractivity contribution in [2.75, 3.05) is 11.9 Å². The van der Waals surface area contributed by atoms with E-state index in [9.17, 15) is 9.59 Å². The Labute approximate surface area is 158 Å². The summed E-state index contributed by atoms with van der Waals surface area (Å²) in [6.45, 7) is 5.85. The number of aryl methyl sites for hydroxylation is 3. The van der Waals surface area contributed by atoms with Gasteiger partial charge >= 0.3 is 5.63 Å². The lowest BCUT2D eigenvalue weighted by atomic mass is 10.1. The predicted molar refractivity (Wildman–Crippen MR) is 107 cm³/mol. The van der Waals surface area contributed by atoms with Crippen LogP contribution < -0.4 is 15.7 Å². The van der Waals surface area contributed by atoms with E-state index in [1.807, 2.05) is 38.1 Å². The minimum atomic E-state index is -0.379. The Morgan fingerprint density at radius 3 is 2.70 bits per heavy atom. The molecule has 0 bridgehead atoms. The molecule has 0 saturated carbocycles. The molecule has 1 N–H and O–H groups in total. The first-order chi connectivity index (χ1) is 13.0. The maximum absolute atomic E-state index is 12.2. The second-order valence-corrected chi connectivity index (χ2v) is 6.65. The van der Waals surface area contributed by atoms with E-state index in [1.54, 1.807) is 12.1 Å². The van der Waals surface area contributed by atoms with E-state index >= 15 is 0 Å². The van der Waals surface area contributed by atoms with Crippen LogP contribution in [0.5, 0.6) is 5.75 Å². The zero-order chi connectivity index (χ0) is 19.4. The van der Waals surface area contributed by atoms with Gasteiger partial charge < -0.3 is 14.5 Å². The van der Waals surface area contributed by atoms with Gasteiger partial charge in [-0.3, -0.25) is 4.79 Å². The van der Waals surface area contributed by atoms with Gasteiger partial charge in [0.25, 0.3) is 5.91 Å². The number of rotatable bonds is 6. The Hall–Kier alpha value is -3.08. The Bertz CT molecular complexity index is 1040. The van der Waals surface area contributed by atoms with Crippen molar-refractivity contribution in [2.45, 2.75) is 33.6 Å². The van der Waals surface area contributed by atoms with E-state index in [2.05, 4.69) is 12.2 Å². The molecule has 5 nitrogen and oxygen atoms in total. The van der Waals surface area contributed by atoms with Crippen LogP contribution in [0, 0.1) is 13.8 Å². The fourth-order valence-corrected chi connectivity index (χ4v) is 2.98. The third-order valence-corrected chi connectivity index (χ3v) is 4.36. The standard InChI is InChI=1S/C22H23NO4/c1-4-5-16-11-22(25)27-20-12-17(8-9-18(16)20)26-13-21(24)23-19-10-14(2)6-7-15(19)3/h6-12H,4-5,13H2,1-3H3,(H,23,24). The summed E-state index contributed by atoms with van der Waals surface area (Å²) in [7, 11) is 0. The van der Waals surface area contributed by atoms with Gasteiger partial charge in [-0.1, -0.05) is 25.5 Å². The lowest BCUT2D eigenvalue weighted by Gasteiger charge is -2.11. The molecule has 0 aliphatic carbocycles. The van der Waals surface area contributed by atoms with Crippen molar-refractivity contribution in [3.05, 3.63) is 69.6 Å². The molecule has 140 valence electrons. The van der Waals surface area contributed by atoms with Crippen molar-refractivity contribution >= 4 is 22.6 Å². The number of hydrogen-bond acceptors (Lipinski definition) is 4. The average molecular weight is 365 g/mol. The topological polar surface area (TPSA) is 68.5 Å². The van der Waals surface area contributed by atoms with E-state index in [1.165, 1.54) is 6.07 Å². The van der Waals surface area contributed by atoms with Crippen molar-refractivity contribution in [3.8, 4) is 5.75 Å². The number of benzene rings is 2. The summed E-state index contributed by atoms with van der Waals surface area (Å²) >= 11 is 0. The highest BCUT2D eigenvalue weighted by Gasteiger charge is 2.09. The van der Waals surface area contributed by atoms with Crippen LogP contribution in [0.4, 0.5) is 5.69 Å². The normalized spacial score (nSPS) is 10.8. The molecule has 27 heavy (non-hydrogen) atoms. The van der Waals surface area contributed by atoms with Gasteiger partial charge in [-0.25, -0.2) is 4.79 Å². The molecule has 2 aromatic carbocycles. The highest BCUT2D eigenvalue weighted by atomic mass is 16.5. The number of anilines is 1. The smallest absolute Gasteiger partial charge is 0.336 e. The maximum Gasteiger partial charge on any atom is 0.336 e. The van der Waals surface area contributed by atoms with Crippen LogP contribution in [0.15, 0.2) is 51.7 Å².